The molecule has 3 rings (SSSR count). The second kappa shape index (κ2) is 6.23. The third-order valence-corrected chi connectivity index (χ3v) is 4.15. The number of rotatable bonds is 6. The lowest BCUT2D eigenvalue weighted by atomic mass is 9.83. The van der Waals surface area contributed by atoms with E-state index in [1.165, 1.54) is 30.2 Å². The molecular weight excluding hydrogens is 248 g/mol. The molecule has 20 heavy (non-hydrogen) atoms. The molecule has 0 spiro atoms. The SMILES string of the molecule is CNCc1cc(OCCC2CCC2)nc2ccccc12. The van der Waals surface area contributed by atoms with E-state index >= 15 is 0 Å². The summed E-state index contributed by atoms with van der Waals surface area (Å²) in [6.07, 6.45) is 5.31. The maximum atomic E-state index is 5.87. The summed E-state index contributed by atoms with van der Waals surface area (Å²) >= 11 is 0. The first-order valence-electron chi connectivity index (χ1n) is 7.53. The molecule has 1 aromatic carbocycles. The van der Waals surface area contributed by atoms with E-state index in [9.17, 15) is 0 Å². The number of pyridine rings is 1. The monoisotopic (exact) mass is 270 g/mol. The number of ether oxygens (including phenoxy) is 1. The van der Waals surface area contributed by atoms with Crippen LogP contribution in [0.3, 0.4) is 0 Å². The van der Waals surface area contributed by atoms with Crippen LogP contribution in [0.25, 0.3) is 10.9 Å². The summed E-state index contributed by atoms with van der Waals surface area (Å²) in [7, 11) is 1.96. The van der Waals surface area contributed by atoms with Crippen LogP contribution in [0.2, 0.25) is 0 Å². The Labute approximate surface area is 120 Å². The Morgan fingerprint density at radius 2 is 2.15 bits per heavy atom. The van der Waals surface area contributed by atoms with Crippen LogP contribution >= 0.6 is 0 Å². The molecule has 0 unspecified atom stereocenters. The highest BCUT2D eigenvalue weighted by atomic mass is 16.5. The number of hydrogen-bond acceptors (Lipinski definition) is 3. The molecule has 0 aliphatic heterocycles. The first-order valence-corrected chi connectivity index (χ1v) is 7.53. The molecule has 1 heterocycles. The van der Waals surface area contributed by atoms with Gasteiger partial charge in [-0.25, -0.2) is 4.98 Å². The zero-order chi connectivity index (χ0) is 13.8. The van der Waals surface area contributed by atoms with Crippen molar-refractivity contribution in [3.8, 4) is 5.88 Å². The van der Waals surface area contributed by atoms with Gasteiger partial charge in [-0.15, -0.1) is 0 Å². The van der Waals surface area contributed by atoms with Crippen molar-refractivity contribution in [1.82, 2.24) is 10.3 Å². The van der Waals surface area contributed by atoms with E-state index in [0.29, 0.717) is 0 Å². The van der Waals surface area contributed by atoms with Gasteiger partial charge in [-0.05, 0) is 31.0 Å². The lowest BCUT2D eigenvalue weighted by Gasteiger charge is -2.24. The van der Waals surface area contributed by atoms with Crippen molar-refractivity contribution in [2.24, 2.45) is 5.92 Å². The van der Waals surface area contributed by atoms with E-state index in [1.54, 1.807) is 0 Å². The summed E-state index contributed by atoms with van der Waals surface area (Å²) in [5.41, 5.74) is 2.26. The molecule has 1 N–H and O–H groups in total. The highest BCUT2D eigenvalue weighted by Crippen LogP contribution is 2.29. The van der Waals surface area contributed by atoms with E-state index in [0.717, 1.165) is 36.9 Å². The van der Waals surface area contributed by atoms with E-state index in [1.807, 2.05) is 19.2 Å². The fourth-order valence-corrected chi connectivity index (χ4v) is 2.74. The van der Waals surface area contributed by atoms with Gasteiger partial charge in [0.2, 0.25) is 5.88 Å². The Balaban J connectivity index is 1.75. The van der Waals surface area contributed by atoms with Crippen molar-refractivity contribution in [1.29, 1.82) is 0 Å². The number of aromatic nitrogens is 1. The normalized spacial score (nSPS) is 15.2. The number of fused-ring (bicyclic) bond motifs is 1. The minimum absolute atomic E-state index is 0.758. The first-order chi connectivity index (χ1) is 9.86. The van der Waals surface area contributed by atoms with Crippen LogP contribution in [0.15, 0.2) is 30.3 Å². The van der Waals surface area contributed by atoms with Crippen molar-refractivity contribution in [2.45, 2.75) is 32.2 Å². The fraction of sp³-hybridized carbons (Fsp3) is 0.471. The van der Waals surface area contributed by atoms with Gasteiger partial charge >= 0.3 is 0 Å². The van der Waals surface area contributed by atoms with Crippen molar-refractivity contribution in [2.75, 3.05) is 13.7 Å². The summed E-state index contributed by atoms with van der Waals surface area (Å²) in [6, 6.07) is 10.3. The van der Waals surface area contributed by atoms with Gasteiger partial charge in [-0.2, -0.15) is 0 Å². The summed E-state index contributed by atoms with van der Waals surface area (Å²) < 4.78 is 5.87. The van der Waals surface area contributed by atoms with Gasteiger partial charge in [0, 0.05) is 18.0 Å². The van der Waals surface area contributed by atoms with Crippen molar-refractivity contribution in [3.05, 3.63) is 35.9 Å². The van der Waals surface area contributed by atoms with Crippen LogP contribution in [0, 0.1) is 5.92 Å². The highest BCUT2D eigenvalue weighted by molar-refractivity contribution is 5.82. The van der Waals surface area contributed by atoms with Crippen LogP contribution in [-0.2, 0) is 6.54 Å². The number of para-hydroxylation sites is 1. The van der Waals surface area contributed by atoms with Gasteiger partial charge < -0.3 is 10.1 Å². The maximum absolute atomic E-state index is 5.87. The standard InChI is InChI=1S/C17H22N2O/c1-18-12-14-11-17(20-10-9-13-5-4-6-13)19-16-8-3-2-7-15(14)16/h2-3,7-8,11,13,18H,4-6,9-10,12H2,1H3. The molecule has 2 aromatic rings. The molecule has 1 saturated carbocycles. The zero-order valence-corrected chi connectivity index (χ0v) is 12.1. The van der Waals surface area contributed by atoms with E-state index in [4.69, 9.17) is 4.74 Å². The minimum Gasteiger partial charge on any atom is -0.478 e. The Morgan fingerprint density at radius 3 is 2.90 bits per heavy atom. The Morgan fingerprint density at radius 1 is 1.30 bits per heavy atom. The molecule has 0 saturated heterocycles. The molecule has 0 amide bonds. The summed E-state index contributed by atoms with van der Waals surface area (Å²) in [5.74, 6) is 1.64. The average molecular weight is 270 g/mol. The van der Waals surface area contributed by atoms with Crippen LogP contribution in [0.5, 0.6) is 5.88 Å². The molecule has 1 aliphatic rings. The maximum Gasteiger partial charge on any atom is 0.214 e. The van der Waals surface area contributed by atoms with Crippen LogP contribution in [0.4, 0.5) is 0 Å². The van der Waals surface area contributed by atoms with Gasteiger partial charge in [0.25, 0.3) is 0 Å². The van der Waals surface area contributed by atoms with E-state index in [-0.39, 0.29) is 0 Å². The molecule has 106 valence electrons. The quantitative estimate of drug-likeness (QED) is 0.872. The number of benzene rings is 1. The van der Waals surface area contributed by atoms with Crippen molar-refractivity contribution in [3.63, 3.8) is 0 Å². The first kappa shape index (κ1) is 13.4. The number of nitrogens with one attached hydrogen (secondary N) is 1. The third-order valence-electron chi connectivity index (χ3n) is 4.15. The molecule has 1 fully saturated rings. The topological polar surface area (TPSA) is 34.1 Å². The van der Waals surface area contributed by atoms with Gasteiger partial charge in [-0.3, -0.25) is 0 Å². The molecule has 0 bridgehead atoms. The molecule has 3 nitrogen and oxygen atoms in total. The van der Waals surface area contributed by atoms with Gasteiger partial charge in [0.05, 0.1) is 12.1 Å². The van der Waals surface area contributed by atoms with Gasteiger partial charge in [0.1, 0.15) is 0 Å². The van der Waals surface area contributed by atoms with Crippen LogP contribution in [-0.4, -0.2) is 18.6 Å². The molecule has 1 aromatic heterocycles. The summed E-state index contributed by atoms with van der Waals surface area (Å²) in [4.78, 5) is 4.61. The highest BCUT2D eigenvalue weighted by Gasteiger charge is 2.17. The Hall–Kier alpha value is -1.61. The predicted molar refractivity (Wildman–Crippen MR) is 82.0 cm³/mol. The lowest BCUT2D eigenvalue weighted by molar-refractivity contribution is 0.217. The van der Waals surface area contributed by atoms with Crippen LogP contribution < -0.4 is 10.1 Å². The molecule has 3 heteroatoms. The average Bonchev–Trinajstić information content (AvgIpc) is 2.42. The number of hydrogen-bond donors (Lipinski definition) is 1. The Bertz CT molecular complexity index is 578. The Kier molecular flexibility index (Phi) is 4.16. The van der Waals surface area contributed by atoms with E-state index in [2.05, 4.69) is 28.5 Å². The van der Waals surface area contributed by atoms with E-state index < -0.39 is 0 Å². The lowest BCUT2D eigenvalue weighted by Crippen LogP contribution is -2.15. The zero-order valence-electron chi connectivity index (χ0n) is 12.1. The second-order valence-corrected chi connectivity index (χ2v) is 5.60. The summed E-state index contributed by atoms with van der Waals surface area (Å²) in [6.45, 7) is 1.62. The second-order valence-electron chi connectivity index (χ2n) is 5.60. The predicted octanol–water partition coefficient (Wildman–Crippen LogP) is 3.52. The fourth-order valence-electron chi connectivity index (χ4n) is 2.74. The van der Waals surface area contributed by atoms with Gasteiger partial charge in [-0.1, -0.05) is 37.5 Å². The van der Waals surface area contributed by atoms with Gasteiger partial charge in [0.15, 0.2) is 0 Å². The smallest absolute Gasteiger partial charge is 0.214 e. The third kappa shape index (κ3) is 2.93. The largest absolute Gasteiger partial charge is 0.478 e. The summed E-state index contributed by atoms with van der Waals surface area (Å²) in [5, 5.41) is 4.41. The van der Waals surface area contributed by atoms with Crippen LogP contribution in [0.1, 0.15) is 31.2 Å². The van der Waals surface area contributed by atoms with Crippen molar-refractivity contribution >= 4 is 10.9 Å². The molecule has 1 aliphatic carbocycles. The molecule has 0 radical (unpaired) electrons. The number of nitrogens with zero attached hydrogens (tertiary/aromatic N) is 1. The van der Waals surface area contributed by atoms with Crippen molar-refractivity contribution < 1.29 is 4.74 Å². The molecular formula is C17H22N2O. The minimum atomic E-state index is 0.758. The molecule has 0 atom stereocenters.